The molecule has 0 aliphatic carbocycles. The van der Waals surface area contributed by atoms with Crippen LogP contribution in [-0.2, 0) is 0 Å². The molecule has 0 saturated heterocycles. The summed E-state index contributed by atoms with van der Waals surface area (Å²) in [6.07, 6.45) is 0. The van der Waals surface area contributed by atoms with Gasteiger partial charge in [-0.05, 0) is 43.0 Å². The van der Waals surface area contributed by atoms with Crippen LogP contribution in [-0.4, -0.2) is 23.2 Å². The zero-order chi connectivity index (χ0) is 13.0. The molecule has 0 saturated carbocycles. The zero-order valence-electron chi connectivity index (χ0n) is 10.9. The predicted octanol–water partition coefficient (Wildman–Crippen LogP) is 4.32. The third kappa shape index (κ3) is 1.74. The van der Waals surface area contributed by atoms with Gasteiger partial charge in [0, 0.05) is 21.0 Å². The smallest absolute Gasteiger partial charge is 0.168 e. The highest BCUT2D eigenvalue weighted by Gasteiger charge is 2.30. The Hall–Kier alpha value is -1.26. The van der Waals surface area contributed by atoms with Gasteiger partial charge < -0.3 is 4.90 Å². The van der Waals surface area contributed by atoms with Crippen LogP contribution in [0, 0.1) is 6.92 Å². The summed E-state index contributed by atoms with van der Waals surface area (Å²) < 4.78 is 1.38. The van der Waals surface area contributed by atoms with E-state index < -0.39 is 0 Å². The molecule has 2 aliphatic heterocycles. The molecule has 0 radical (unpaired) electrons. The van der Waals surface area contributed by atoms with Crippen molar-refractivity contribution in [3.05, 3.63) is 39.6 Å². The largest absolute Gasteiger partial charge is 0.318 e. The first kappa shape index (κ1) is 11.6. The molecule has 4 rings (SSSR count). The Morgan fingerprint density at radius 2 is 2.11 bits per heavy atom. The van der Waals surface area contributed by atoms with E-state index in [0.29, 0.717) is 0 Å². The van der Waals surface area contributed by atoms with Gasteiger partial charge in [0.15, 0.2) is 5.17 Å². The topological polar surface area (TPSA) is 15.6 Å². The van der Waals surface area contributed by atoms with Crippen LogP contribution < -0.4 is 0 Å². The molecule has 0 unspecified atom stereocenters. The highest BCUT2D eigenvalue weighted by molar-refractivity contribution is 8.17. The number of nitrogens with zero attached hydrogens (tertiary/aromatic N) is 2. The lowest BCUT2D eigenvalue weighted by molar-refractivity contribution is 0.648. The maximum Gasteiger partial charge on any atom is 0.168 e. The summed E-state index contributed by atoms with van der Waals surface area (Å²) >= 11 is 3.67. The molecule has 2 nitrogen and oxygen atoms in total. The van der Waals surface area contributed by atoms with E-state index >= 15 is 0 Å². The third-order valence-electron chi connectivity index (χ3n) is 3.56. The average Bonchev–Trinajstić information content (AvgIpc) is 3.00. The van der Waals surface area contributed by atoms with Crippen molar-refractivity contribution in [2.75, 3.05) is 13.1 Å². The summed E-state index contributed by atoms with van der Waals surface area (Å²) in [7, 11) is 0. The Morgan fingerprint density at radius 3 is 3.00 bits per heavy atom. The molecule has 0 amide bonds. The number of allylic oxidation sites excluding steroid dienone is 1. The second kappa shape index (κ2) is 4.12. The summed E-state index contributed by atoms with van der Waals surface area (Å²) in [5.74, 6) is 0. The number of thiophene rings is 1. The van der Waals surface area contributed by atoms with Gasteiger partial charge in [0.1, 0.15) is 0 Å². The highest BCUT2D eigenvalue weighted by atomic mass is 32.2. The van der Waals surface area contributed by atoms with Crippen molar-refractivity contribution < 1.29 is 0 Å². The van der Waals surface area contributed by atoms with Gasteiger partial charge in [0.25, 0.3) is 0 Å². The average molecular weight is 286 g/mol. The van der Waals surface area contributed by atoms with Crippen LogP contribution in [0.2, 0.25) is 0 Å². The van der Waals surface area contributed by atoms with Gasteiger partial charge >= 0.3 is 0 Å². The van der Waals surface area contributed by atoms with E-state index in [2.05, 4.69) is 48.0 Å². The summed E-state index contributed by atoms with van der Waals surface area (Å²) in [5, 5.41) is 2.53. The highest BCUT2D eigenvalue weighted by Crippen LogP contribution is 2.42. The summed E-state index contributed by atoms with van der Waals surface area (Å²) in [6.45, 7) is 6.32. The van der Waals surface area contributed by atoms with Crippen molar-refractivity contribution in [1.82, 2.24) is 4.90 Å². The van der Waals surface area contributed by atoms with Crippen molar-refractivity contribution in [3.8, 4) is 0 Å². The van der Waals surface area contributed by atoms with E-state index in [4.69, 9.17) is 0 Å². The lowest BCUT2D eigenvalue weighted by Gasteiger charge is -2.17. The Kier molecular flexibility index (Phi) is 2.50. The standard InChI is InChI=1S/C15H14N2S2/c1-9-7-12-8-11(3-4-13(12)18-9)14-10(2)19-15-16-5-6-17(14)15/h3-4,7-8H,5-6H2,1-2H3. The van der Waals surface area contributed by atoms with Gasteiger partial charge in [-0.1, -0.05) is 17.8 Å². The van der Waals surface area contributed by atoms with Crippen LogP contribution in [0.4, 0.5) is 0 Å². The molecule has 96 valence electrons. The Bertz CT molecular complexity index is 740. The van der Waals surface area contributed by atoms with Crippen molar-refractivity contribution in [2.24, 2.45) is 4.99 Å². The number of thioether (sulfide) groups is 1. The van der Waals surface area contributed by atoms with Crippen LogP contribution in [0.25, 0.3) is 15.8 Å². The predicted molar refractivity (Wildman–Crippen MR) is 85.8 cm³/mol. The minimum absolute atomic E-state index is 0.929. The Balaban J connectivity index is 1.85. The van der Waals surface area contributed by atoms with Crippen LogP contribution in [0.15, 0.2) is 34.2 Å². The van der Waals surface area contributed by atoms with Gasteiger partial charge in [0.2, 0.25) is 0 Å². The van der Waals surface area contributed by atoms with E-state index in [-0.39, 0.29) is 0 Å². The van der Waals surface area contributed by atoms with E-state index in [9.17, 15) is 0 Å². The van der Waals surface area contributed by atoms with Crippen LogP contribution in [0.3, 0.4) is 0 Å². The summed E-state index contributed by atoms with van der Waals surface area (Å²) in [6, 6.07) is 9.09. The zero-order valence-corrected chi connectivity index (χ0v) is 12.6. The minimum Gasteiger partial charge on any atom is -0.318 e. The van der Waals surface area contributed by atoms with Gasteiger partial charge in [-0.15, -0.1) is 11.3 Å². The molecule has 2 aromatic rings. The number of aliphatic imine (C=N–C) groups is 1. The number of benzene rings is 1. The molecule has 4 heteroatoms. The molecule has 3 heterocycles. The second-order valence-electron chi connectivity index (χ2n) is 4.93. The summed E-state index contributed by atoms with van der Waals surface area (Å²) in [4.78, 5) is 9.66. The van der Waals surface area contributed by atoms with E-state index in [1.165, 1.54) is 36.3 Å². The first-order valence-corrected chi connectivity index (χ1v) is 8.07. The molecule has 1 aromatic carbocycles. The minimum atomic E-state index is 0.929. The number of rotatable bonds is 1. The number of aryl methyl sites for hydroxylation is 1. The number of amidine groups is 1. The van der Waals surface area contributed by atoms with Gasteiger partial charge in [0.05, 0.1) is 12.2 Å². The number of hydrogen-bond acceptors (Lipinski definition) is 4. The molecule has 0 bridgehead atoms. The SMILES string of the molecule is CC1=C(c2ccc3sc(C)cc3c2)N2CCN=C2S1. The maximum atomic E-state index is 4.56. The summed E-state index contributed by atoms with van der Waals surface area (Å²) in [5.41, 5.74) is 2.68. The van der Waals surface area contributed by atoms with Crippen molar-refractivity contribution in [1.29, 1.82) is 0 Å². The lowest BCUT2D eigenvalue weighted by atomic mass is 10.1. The number of fused-ring (bicyclic) bond motifs is 2. The molecule has 1 aromatic heterocycles. The monoisotopic (exact) mass is 286 g/mol. The van der Waals surface area contributed by atoms with Gasteiger partial charge in [-0.25, -0.2) is 0 Å². The van der Waals surface area contributed by atoms with Gasteiger partial charge in [-0.2, -0.15) is 0 Å². The quantitative estimate of drug-likeness (QED) is 0.776. The lowest BCUT2D eigenvalue weighted by Crippen LogP contribution is -2.19. The van der Waals surface area contributed by atoms with Crippen molar-refractivity contribution >= 4 is 44.0 Å². The fraction of sp³-hybridized carbons (Fsp3) is 0.267. The molecule has 2 aliphatic rings. The first-order chi connectivity index (χ1) is 9.22. The normalized spacial score (nSPS) is 18.4. The Labute approximate surface area is 120 Å². The van der Waals surface area contributed by atoms with E-state index in [0.717, 1.165) is 13.1 Å². The van der Waals surface area contributed by atoms with E-state index in [1.807, 2.05) is 23.1 Å². The van der Waals surface area contributed by atoms with Crippen LogP contribution in [0.1, 0.15) is 17.4 Å². The van der Waals surface area contributed by atoms with Crippen molar-refractivity contribution in [3.63, 3.8) is 0 Å². The molecular formula is C15H14N2S2. The number of hydrogen-bond donors (Lipinski definition) is 0. The molecule has 0 fully saturated rings. The third-order valence-corrected chi connectivity index (χ3v) is 5.63. The van der Waals surface area contributed by atoms with Crippen LogP contribution in [0.5, 0.6) is 0 Å². The molecule has 0 spiro atoms. The molecule has 19 heavy (non-hydrogen) atoms. The van der Waals surface area contributed by atoms with Crippen molar-refractivity contribution in [2.45, 2.75) is 13.8 Å². The first-order valence-electron chi connectivity index (χ1n) is 6.44. The second-order valence-corrected chi connectivity index (χ2v) is 7.40. The van der Waals surface area contributed by atoms with E-state index in [1.54, 1.807) is 0 Å². The maximum absolute atomic E-state index is 4.56. The van der Waals surface area contributed by atoms with Crippen LogP contribution >= 0.6 is 23.1 Å². The molecule has 0 atom stereocenters. The van der Waals surface area contributed by atoms with Gasteiger partial charge in [-0.3, -0.25) is 4.99 Å². The fourth-order valence-corrected chi connectivity index (χ4v) is 4.73. The molecule has 0 N–H and O–H groups in total. The Morgan fingerprint density at radius 1 is 1.21 bits per heavy atom. The molecular weight excluding hydrogens is 272 g/mol. The fourth-order valence-electron chi connectivity index (χ4n) is 2.78.